The van der Waals surface area contributed by atoms with E-state index < -0.39 is 17.6 Å². The van der Waals surface area contributed by atoms with Crippen LogP contribution in [-0.2, 0) is 0 Å². The van der Waals surface area contributed by atoms with Crippen LogP contribution in [0, 0.1) is 5.82 Å². The van der Waals surface area contributed by atoms with Gasteiger partial charge in [-0.15, -0.1) is 11.3 Å². The van der Waals surface area contributed by atoms with Crippen LogP contribution < -0.4 is 9.47 Å². The first kappa shape index (κ1) is 18.5. The van der Waals surface area contributed by atoms with Gasteiger partial charge in [0.05, 0.1) is 18.2 Å². The highest BCUT2D eigenvalue weighted by Crippen LogP contribution is 2.23. The highest BCUT2D eigenvalue weighted by Gasteiger charge is 2.16. The maximum Gasteiger partial charge on any atom is 0.343 e. The van der Waals surface area contributed by atoms with E-state index in [0.29, 0.717) is 5.75 Å². The van der Waals surface area contributed by atoms with Crippen LogP contribution in [0.5, 0.6) is 11.5 Å². The number of allylic oxidation sites excluding steroid dienone is 1. The molecule has 0 saturated heterocycles. The zero-order valence-corrected chi connectivity index (χ0v) is 15.2. The van der Waals surface area contributed by atoms with Crippen molar-refractivity contribution in [2.75, 3.05) is 7.11 Å². The third-order valence-electron chi connectivity index (χ3n) is 3.68. The van der Waals surface area contributed by atoms with Crippen LogP contribution in [0.25, 0.3) is 6.08 Å². The van der Waals surface area contributed by atoms with E-state index in [1.807, 2.05) is 17.5 Å². The minimum absolute atomic E-state index is 0.00181. The minimum atomic E-state index is -0.652. The average Bonchev–Trinajstić information content (AvgIpc) is 3.21. The summed E-state index contributed by atoms with van der Waals surface area (Å²) >= 11 is 1.47. The van der Waals surface area contributed by atoms with Crippen molar-refractivity contribution in [3.8, 4) is 11.5 Å². The fourth-order valence-electron chi connectivity index (χ4n) is 2.30. The van der Waals surface area contributed by atoms with Gasteiger partial charge in [-0.2, -0.15) is 0 Å². The van der Waals surface area contributed by atoms with Crippen molar-refractivity contribution in [3.63, 3.8) is 0 Å². The Morgan fingerprint density at radius 1 is 1.07 bits per heavy atom. The number of carbonyl (C=O) groups is 2. The molecule has 0 unspecified atom stereocenters. The summed E-state index contributed by atoms with van der Waals surface area (Å²) in [7, 11) is 1.52. The molecule has 0 amide bonds. The maximum atomic E-state index is 13.6. The number of halogens is 1. The highest BCUT2D eigenvalue weighted by atomic mass is 32.1. The summed E-state index contributed by atoms with van der Waals surface area (Å²) in [5.41, 5.74) is 0.261. The second kappa shape index (κ2) is 8.42. The first-order valence-corrected chi connectivity index (χ1v) is 8.86. The van der Waals surface area contributed by atoms with Crippen molar-refractivity contribution in [2.24, 2.45) is 0 Å². The molecule has 2 aromatic carbocycles. The van der Waals surface area contributed by atoms with E-state index in [4.69, 9.17) is 9.47 Å². The Kier molecular flexibility index (Phi) is 5.78. The fraction of sp³-hybridized carbons (Fsp3) is 0.0476. The van der Waals surface area contributed by atoms with Gasteiger partial charge < -0.3 is 9.47 Å². The molecule has 27 heavy (non-hydrogen) atoms. The first-order valence-electron chi connectivity index (χ1n) is 7.98. The summed E-state index contributed by atoms with van der Waals surface area (Å²) in [6.07, 6.45) is 2.96. The predicted octanol–water partition coefficient (Wildman–Crippen LogP) is 5.01. The molecule has 0 bridgehead atoms. The molecule has 3 rings (SSSR count). The smallest absolute Gasteiger partial charge is 0.343 e. The summed E-state index contributed by atoms with van der Waals surface area (Å²) in [5, 5.41) is 1.88. The third-order valence-corrected chi connectivity index (χ3v) is 4.52. The molecule has 0 fully saturated rings. The number of methoxy groups -OCH3 is 1. The largest absolute Gasteiger partial charge is 0.497 e. The number of esters is 1. The van der Waals surface area contributed by atoms with Gasteiger partial charge in [-0.05, 0) is 66.1 Å². The fourth-order valence-corrected chi connectivity index (χ4v) is 2.92. The van der Waals surface area contributed by atoms with Crippen LogP contribution in [0.4, 0.5) is 4.39 Å². The molecule has 0 aliphatic rings. The lowest BCUT2D eigenvalue weighted by Gasteiger charge is -2.09. The first-order chi connectivity index (χ1) is 13.1. The summed E-state index contributed by atoms with van der Waals surface area (Å²) < 4.78 is 24.0. The quantitative estimate of drug-likeness (QED) is 0.260. The zero-order valence-electron chi connectivity index (χ0n) is 14.3. The summed E-state index contributed by atoms with van der Waals surface area (Å²) in [4.78, 5) is 25.7. The van der Waals surface area contributed by atoms with E-state index in [-0.39, 0.29) is 16.9 Å². The van der Waals surface area contributed by atoms with Crippen LogP contribution in [0.15, 0.2) is 66.1 Å². The molecule has 0 aliphatic heterocycles. The van der Waals surface area contributed by atoms with Crippen LogP contribution in [0.2, 0.25) is 0 Å². The standard InChI is InChI=1S/C21H15FO4S/c1-25-16-7-4-14(5-8-16)21(24)26-20-11-6-15(22)13-18(20)19(23)10-9-17-3-2-12-27-17/h2-13H,1H3/b10-9+. The number of ether oxygens (including phenoxy) is 2. The lowest BCUT2D eigenvalue weighted by molar-refractivity contribution is 0.0733. The number of ketones is 1. The summed E-state index contributed by atoms with van der Waals surface area (Å²) in [6.45, 7) is 0. The highest BCUT2D eigenvalue weighted by molar-refractivity contribution is 7.10. The van der Waals surface area contributed by atoms with Gasteiger partial charge in [-0.1, -0.05) is 6.07 Å². The molecule has 3 aromatic rings. The topological polar surface area (TPSA) is 52.6 Å². The number of benzene rings is 2. The maximum absolute atomic E-state index is 13.6. The van der Waals surface area contributed by atoms with Gasteiger partial charge in [0.2, 0.25) is 0 Å². The Hall–Kier alpha value is -3.25. The molecule has 4 nitrogen and oxygen atoms in total. The van der Waals surface area contributed by atoms with E-state index in [2.05, 4.69) is 0 Å². The third kappa shape index (κ3) is 4.68. The van der Waals surface area contributed by atoms with E-state index in [9.17, 15) is 14.0 Å². The van der Waals surface area contributed by atoms with Crippen LogP contribution >= 0.6 is 11.3 Å². The molecule has 0 saturated carbocycles. The Labute approximate surface area is 159 Å². The normalized spacial score (nSPS) is 10.7. The van der Waals surface area contributed by atoms with Gasteiger partial charge in [-0.25, -0.2) is 9.18 Å². The van der Waals surface area contributed by atoms with E-state index in [1.165, 1.54) is 30.6 Å². The van der Waals surface area contributed by atoms with Crippen molar-refractivity contribution in [1.29, 1.82) is 0 Å². The second-order valence-corrected chi connectivity index (χ2v) is 6.45. The summed E-state index contributed by atoms with van der Waals surface area (Å²) in [6, 6.07) is 13.5. The molecule has 0 radical (unpaired) electrons. The lowest BCUT2D eigenvalue weighted by Crippen LogP contribution is -2.11. The van der Waals surface area contributed by atoms with Crippen molar-refractivity contribution in [3.05, 3.63) is 87.9 Å². The Balaban J connectivity index is 1.82. The van der Waals surface area contributed by atoms with Crippen molar-refractivity contribution in [2.45, 2.75) is 0 Å². The van der Waals surface area contributed by atoms with Gasteiger partial charge in [0, 0.05) is 4.88 Å². The number of thiophene rings is 1. The monoisotopic (exact) mass is 382 g/mol. The second-order valence-electron chi connectivity index (χ2n) is 5.47. The zero-order chi connectivity index (χ0) is 19.2. The Morgan fingerprint density at radius 3 is 2.52 bits per heavy atom. The van der Waals surface area contributed by atoms with Gasteiger partial charge >= 0.3 is 5.97 Å². The number of hydrogen-bond acceptors (Lipinski definition) is 5. The van der Waals surface area contributed by atoms with E-state index in [0.717, 1.165) is 17.0 Å². The number of rotatable bonds is 6. The van der Waals surface area contributed by atoms with Crippen LogP contribution in [0.3, 0.4) is 0 Å². The van der Waals surface area contributed by atoms with Crippen molar-refractivity contribution >= 4 is 29.2 Å². The van der Waals surface area contributed by atoms with Gasteiger partial charge in [0.1, 0.15) is 17.3 Å². The van der Waals surface area contributed by atoms with Crippen LogP contribution in [0.1, 0.15) is 25.6 Å². The average molecular weight is 382 g/mol. The summed E-state index contributed by atoms with van der Waals surface area (Å²) in [5.74, 6) is -1.10. The van der Waals surface area contributed by atoms with Gasteiger partial charge in [-0.3, -0.25) is 4.79 Å². The molecule has 0 aliphatic carbocycles. The van der Waals surface area contributed by atoms with Gasteiger partial charge in [0.15, 0.2) is 5.78 Å². The molecule has 1 aromatic heterocycles. The Morgan fingerprint density at radius 2 is 1.85 bits per heavy atom. The predicted molar refractivity (Wildman–Crippen MR) is 102 cm³/mol. The van der Waals surface area contributed by atoms with Crippen molar-refractivity contribution in [1.82, 2.24) is 0 Å². The minimum Gasteiger partial charge on any atom is -0.497 e. The van der Waals surface area contributed by atoms with Crippen LogP contribution in [-0.4, -0.2) is 18.9 Å². The molecule has 6 heteroatoms. The molecule has 1 heterocycles. The van der Waals surface area contributed by atoms with Crippen molar-refractivity contribution < 1.29 is 23.5 Å². The van der Waals surface area contributed by atoms with E-state index >= 15 is 0 Å². The lowest BCUT2D eigenvalue weighted by atomic mass is 10.1. The molecule has 0 atom stereocenters. The van der Waals surface area contributed by atoms with Gasteiger partial charge in [0.25, 0.3) is 0 Å². The number of carbonyl (C=O) groups excluding carboxylic acids is 2. The molecular formula is C21H15FO4S. The molecule has 0 N–H and O–H groups in total. The number of hydrogen-bond donors (Lipinski definition) is 0. The molecule has 136 valence electrons. The SMILES string of the molecule is COc1ccc(C(=O)Oc2ccc(F)cc2C(=O)/C=C/c2cccs2)cc1. The Bertz CT molecular complexity index is 976. The van der Waals surface area contributed by atoms with E-state index in [1.54, 1.807) is 30.3 Å². The molecular weight excluding hydrogens is 367 g/mol. The molecule has 0 spiro atoms.